The summed E-state index contributed by atoms with van der Waals surface area (Å²) >= 11 is 6.18. The summed E-state index contributed by atoms with van der Waals surface area (Å²) in [6.07, 6.45) is 0.626. The van der Waals surface area contributed by atoms with E-state index >= 15 is 0 Å². The van der Waals surface area contributed by atoms with Crippen LogP contribution in [0.4, 0.5) is 5.69 Å². The quantitative estimate of drug-likeness (QED) is 0.694. The number of nitrogens with one attached hydrogen (secondary N) is 1. The Morgan fingerprint density at radius 1 is 1.30 bits per heavy atom. The van der Waals surface area contributed by atoms with Gasteiger partial charge >= 0.3 is 0 Å². The fraction of sp³-hybridized carbons (Fsp3) is 0.588. The van der Waals surface area contributed by atoms with E-state index in [9.17, 15) is 4.79 Å². The molecule has 0 aliphatic carbocycles. The Morgan fingerprint density at radius 3 is 2.52 bits per heavy atom. The first-order chi connectivity index (χ1) is 10.8. The van der Waals surface area contributed by atoms with Crippen LogP contribution in [-0.2, 0) is 14.3 Å². The topological polar surface area (TPSA) is 56.8 Å². The van der Waals surface area contributed by atoms with E-state index in [4.69, 9.17) is 25.8 Å². The van der Waals surface area contributed by atoms with Gasteiger partial charge in [-0.05, 0) is 37.5 Å². The highest BCUT2D eigenvalue weighted by molar-refractivity contribution is 6.32. The lowest BCUT2D eigenvalue weighted by Gasteiger charge is -2.28. The zero-order chi connectivity index (χ0) is 17.5. The largest absolute Gasteiger partial charge is 0.490 e. The molecule has 0 saturated carbocycles. The number of hydrogen-bond acceptors (Lipinski definition) is 4. The summed E-state index contributed by atoms with van der Waals surface area (Å²) in [5, 5.41) is 3.28. The predicted octanol–water partition coefficient (Wildman–Crippen LogP) is 3.75. The van der Waals surface area contributed by atoms with Crippen LogP contribution in [0.1, 0.15) is 27.2 Å². The van der Waals surface area contributed by atoms with Crippen molar-refractivity contribution in [2.45, 2.75) is 32.8 Å². The van der Waals surface area contributed by atoms with Gasteiger partial charge in [0.1, 0.15) is 18.0 Å². The summed E-state index contributed by atoms with van der Waals surface area (Å²) in [5.41, 5.74) is -0.278. The molecule has 1 amide bonds. The molecule has 1 rings (SSSR count). The molecule has 0 bridgehead atoms. The van der Waals surface area contributed by atoms with E-state index in [1.165, 1.54) is 0 Å². The van der Waals surface area contributed by atoms with Crippen LogP contribution in [0.2, 0.25) is 5.02 Å². The number of amides is 1. The van der Waals surface area contributed by atoms with Crippen LogP contribution in [0.3, 0.4) is 0 Å². The van der Waals surface area contributed by atoms with Crippen LogP contribution in [-0.4, -0.2) is 38.9 Å². The molecule has 0 spiro atoms. The van der Waals surface area contributed by atoms with Crippen molar-refractivity contribution < 1.29 is 19.0 Å². The first kappa shape index (κ1) is 19.7. The lowest BCUT2D eigenvalue weighted by atomic mass is 9.93. The lowest BCUT2D eigenvalue weighted by Crippen LogP contribution is -2.43. The highest BCUT2D eigenvalue weighted by Crippen LogP contribution is 2.29. The van der Waals surface area contributed by atoms with E-state index in [1.807, 2.05) is 13.8 Å². The van der Waals surface area contributed by atoms with Gasteiger partial charge in [0.2, 0.25) is 0 Å². The molecular weight excluding hydrogens is 318 g/mol. The van der Waals surface area contributed by atoms with Gasteiger partial charge < -0.3 is 19.5 Å². The average molecular weight is 344 g/mol. The van der Waals surface area contributed by atoms with E-state index in [-0.39, 0.29) is 5.91 Å². The first-order valence-electron chi connectivity index (χ1n) is 7.60. The van der Waals surface area contributed by atoms with Crippen molar-refractivity contribution >= 4 is 23.2 Å². The van der Waals surface area contributed by atoms with Crippen LogP contribution in [0, 0.1) is 5.92 Å². The molecule has 0 saturated heterocycles. The average Bonchev–Trinajstić information content (AvgIpc) is 2.48. The summed E-state index contributed by atoms with van der Waals surface area (Å²) < 4.78 is 15.8. The molecule has 0 aromatic heterocycles. The van der Waals surface area contributed by atoms with Gasteiger partial charge in [-0.3, -0.25) is 4.79 Å². The number of anilines is 1. The second-order valence-electron chi connectivity index (χ2n) is 5.97. The molecule has 0 heterocycles. The molecule has 0 radical (unpaired) electrons. The molecule has 0 aliphatic heterocycles. The number of methoxy groups -OCH3 is 2. The number of ether oxygens (including phenoxy) is 3. The Morgan fingerprint density at radius 2 is 2.00 bits per heavy atom. The van der Waals surface area contributed by atoms with Crippen LogP contribution in [0.5, 0.6) is 5.75 Å². The normalized spacial score (nSPS) is 13.7. The molecule has 6 heteroatoms. The number of rotatable bonds is 9. The van der Waals surface area contributed by atoms with Gasteiger partial charge in [0.25, 0.3) is 5.91 Å². The Hall–Kier alpha value is -1.30. The minimum Gasteiger partial charge on any atom is -0.490 e. The van der Waals surface area contributed by atoms with Gasteiger partial charge in [0.15, 0.2) is 0 Å². The molecule has 1 N–H and O–H groups in total. The molecule has 23 heavy (non-hydrogen) atoms. The SMILES string of the molecule is COCCOc1ccc(NC(=O)[C@@](C)(CC(C)C)OC)cc1Cl. The number of carbonyl (C=O) groups is 1. The monoisotopic (exact) mass is 343 g/mol. The second-order valence-corrected chi connectivity index (χ2v) is 6.38. The van der Waals surface area contributed by atoms with Crippen molar-refractivity contribution in [2.75, 3.05) is 32.8 Å². The molecular formula is C17H26ClNO4. The van der Waals surface area contributed by atoms with E-state index in [0.29, 0.717) is 42.0 Å². The van der Waals surface area contributed by atoms with Crippen molar-refractivity contribution in [3.63, 3.8) is 0 Å². The van der Waals surface area contributed by atoms with Crippen molar-refractivity contribution in [3.05, 3.63) is 23.2 Å². The van der Waals surface area contributed by atoms with E-state index in [0.717, 1.165) is 0 Å². The summed E-state index contributed by atoms with van der Waals surface area (Å²) in [4.78, 5) is 12.5. The Bertz CT molecular complexity index is 521. The van der Waals surface area contributed by atoms with Crippen molar-refractivity contribution in [1.29, 1.82) is 0 Å². The molecule has 0 fully saturated rings. The zero-order valence-corrected chi connectivity index (χ0v) is 15.2. The smallest absolute Gasteiger partial charge is 0.256 e. The van der Waals surface area contributed by atoms with Crippen molar-refractivity contribution in [2.24, 2.45) is 5.92 Å². The molecule has 0 aliphatic rings. The van der Waals surface area contributed by atoms with Crippen molar-refractivity contribution in [1.82, 2.24) is 0 Å². The third-order valence-electron chi connectivity index (χ3n) is 3.46. The standard InChI is InChI=1S/C17H26ClNO4/c1-12(2)11-17(3,22-5)16(20)19-13-6-7-15(14(18)10-13)23-9-8-21-4/h6-7,10,12H,8-9,11H2,1-5H3,(H,19,20)/t17-/m1/s1. The van der Waals surface area contributed by atoms with E-state index in [1.54, 1.807) is 39.3 Å². The maximum atomic E-state index is 12.5. The second kappa shape index (κ2) is 9.11. The van der Waals surface area contributed by atoms with Gasteiger partial charge in [-0.15, -0.1) is 0 Å². The van der Waals surface area contributed by atoms with Gasteiger partial charge in [-0.25, -0.2) is 0 Å². The van der Waals surface area contributed by atoms with Crippen LogP contribution >= 0.6 is 11.6 Å². The van der Waals surface area contributed by atoms with Crippen LogP contribution < -0.4 is 10.1 Å². The lowest BCUT2D eigenvalue weighted by molar-refractivity contribution is -0.137. The Balaban J connectivity index is 2.76. The number of hydrogen-bond donors (Lipinski definition) is 1. The van der Waals surface area contributed by atoms with Gasteiger partial charge in [0.05, 0.1) is 11.6 Å². The summed E-state index contributed by atoms with van der Waals surface area (Å²) in [5.74, 6) is 0.696. The number of carbonyl (C=O) groups excluding carboxylic acids is 1. The maximum absolute atomic E-state index is 12.5. The molecule has 130 valence electrons. The Labute approximate surface area is 143 Å². The summed E-state index contributed by atoms with van der Waals surface area (Å²) in [6, 6.07) is 5.13. The number of halogens is 1. The Kier molecular flexibility index (Phi) is 7.82. The van der Waals surface area contributed by atoms with Gasteiger partial charge in [-0.1, -0.05) is 25.4 Å². The fourth-order valence-electron chi connectivity index (χ4n) is 2.24. The predicted molar refractivity (Wildman–Crippen MR) is 92.3 cm³/mol. The van der Waals surface area contributed by atoms with E-state index < -0.39 is 5.60 Å². The van der Waals surface area contributed by atoms with Crippen molar-refractivity contribution in [3.8, 4) is 5.75 Å². The molecule has 5 nitrogen and oxygen atoms in total. The van der Waals surface area contributed by atoms with Gasteiger partial charge in [0, 0.05) is 19.9 Å². The van der Waals surface area contributed by atoms with Gasteiger partial charge in [-0.2, -0.15) is 0 Å². The fourth-order valence-corrected chi connectivity index (χ4v) is 2.48. The molecule has 1 atom stereocenters. The highest BCUT2D eigenvalue weighted by atomic mass is 35.5. The third kappa shape index (κ3) is 6.01. The summed E-state index contributed by atoms with van der Waals surface area (Å²) in [7, 11) is 3.15. The number of benzene rings is 1. The van der Waals surface area contributed by atoms with Crippen LogP contribution in [0.15, 0.2) is 18.2 Å². The minimum absolute atomic E-state index is 0.196. The molecule has 1 aromatic carbocycles. The molecule has 0 unspecified atom stereocenters. The highest BCUT2D eigenvalue weighted by Gasteiger charge is 2.33. The minimum atomic E-state index is -0.881. The maximum Gasteiger partial charge on any atom is 0.256 e. The third-order valence-corrected chi connectivity index (χ3v) is 3.76. The van der Waals surface area contributed by atoms with E-state index in [2.05, 4.69) is 5.32 Å². The van der Waals surface area contributed by atoms with Crippen LogP contribution in [0.25, 0.3) is 0 Å². The summed E-state index contributed by atoms with van der Waals surface area (Å²) in [6.45, 7) is 6.78. The zero-order valence-electron chi connectivity index (χ0n) is 14.4. The first-order valence-corrected chi connectivity index (χ1v) is 7.98. The molecule has 1 aromatic rings.